The Morgan fingerprint density at radius 2 is 2.10 bits per heavy atom. The van der Waals surface area contributed by atoms with Crippen LogP contribution in [0.4, 0.5) is 0 Å². The maximum Gasteiger partial charge on any atom is 0.265 e. The summed E-state index contributed by atoms with van der Waals surface area (Å²) in [5.74, 6) is 0.0590. The van der Waals surface area contributed by atoms with E-state index in [-0.39, 0.29) is 28.1 Å². The van der Waals surface area contributed by atoms with Gasteiger partial charge in [-0.05, 0) is 30.9 Å². The molecule has 7 nitrogen and oxygen atoms in total. The number of carbonyl (C=O) groups is 1. The minimum Gasteiger partial charge on any atom is -0.442 e. The first kappa shape index (κ1) is 18.7. The molecule has 0 bridgehead atoms. The fourth-order valence-electron chi connectivity index (χ4n) is 3.56. The van der Waals surface area contributed by atoms with Crippen molar-refractivity contribution in [2.45, 2.75) is 26.4 Å². The molecule has 0 aliphatic heterocycles. The molecule has 4 rings (SSSR count). The number of carbonyl (C=O) groups excluding carboxylic acids is 1. The second-order valence-electron chi connectivity index (χ2n) is 6.88. The summed E-state index contributed by atoms with van der Waals surface area (Å²) in [6.45, 7) is 6.89. The molecule has 148 valence electrons. The normalized spacial score (nSPS) is 11.2. The van der Waals surface area contributed by atoms with Crippen molar-refractivity contribution < 1.29 is 9.21 Å². The zero-order valence-corrected chi connectivity index (χ0v) is 16.2. The Bertz CT molecular complexity index is 1260. The Morgan fingerprint density at radius 3 is 2.93 bits per heavy atom. The van der Waals surface area contributed by atoms with Gasteiger partial charge in [-0.3, -0.25) is 14.2 Å². The lowest BCUT2D eigenvalue weighted by molar-refractivity contribution is 0.0952. The maximum absolute atomic E-state index is 12.8. The molecule has 0 saturated carbocycles. The fourth-order valence-corrected chi connectivity index (χ4v) is 3.56. The number of hydrogen-bond acceptors (Lipinski definition) is 4. The standard InChI is InChI=1S/C22H22N4O3/c1-3-11-26-14-24-21-19(22(26)28)18(15(2)29-21)20(27)23-10-6-12-25-13-9-16-7-4-5-8-17(16)25/h3-5,7-9,13-14H,1,6,10-12H2,2H3,(H,23,27). The molecule has 0 radical (unpaired) electrons. The number of aromatic nitrogens is 3. The van der Waals surface area contributed by atoms with Crippen molar-refractivity contribution in [3.05, 3.63) is 77.2 Å². The van der Waals surface area contributed by atoms with Crippen molar-refractivity contribution in [2.75, 3.05) is 6.54 Å². The SMILES string of the molecule is C=CCn1cnc2oc(C)c(C(=O)NCCCn3ccc4ccccc43)c2c1=O. The number of fused-ring (bicyclic) bond motifs is 2. The number of aryl methyl sites for hydroxylation is 2. The van der Waals surface area contributed by atoms with E-state index in [2.05, 4.69) is 39.6 Å². The largest absolute Gasteiger partial charge is 0.442 e. The lowest BCUT2D eigenvalue weighted by Crippen LogP contribution is -2.28. The van der Waals surface area contributed by atoms with Crippen LogP contribution in [0.15, 0.2) is 64.7 Å². The van der Waals surface area contributed by atoms with Crippen LogP contribution in [-0.2, 0) is 13.1 Å². The van der Waals surface area contributed by atoms with Gasteiger partial charge in [0.2, 0.25) is 5.71 Å². The Labute approximate surface area is 167 Å². The van der Waals surface area contributed by atoms with Gasteiger partial charge in [0.05, 0.1) is 5.56 Å². The molecular formula is C22H22N4O3. The van der Waals surface area contributed by atoms with Crippen LogP contribution in [0.5, 0.6) is 0 Å². The van der Waals surface area contributed by atoms with E-state index in [0.29, 0.717) is 18.8 Å². The third-order valence-electron chi connectivity index (χ3n) is 4.95. The van der Waals surface area contributed by atoms with Gasteiger partial charge < -0.3 is 14.3 Å². The Balaban J connectivity index is 1.48. The van der Waals surface area contributed by atoms with Gasteiger partial charge in [-0.25, -0.2) is 4.98 Å². The summed E-state index contributed by atoms with van der Waals surface area (Å²) >= 11 is 0. The number of nitrogens with zero attached hydrogens (tertiary/aromatic N) is 3. The molecule has 1 aromatic carbocycles. The van der Waals surface area contributed by atoms with E-state index >= 15 is 0 Å². The molecule has 0 unspecified atom stereocenters. The molecule has 0 spiro atoms. The van der Waals surface area contributed by atoms with Crippen LogP contribution in [0.2, 0.25) is 0 Å². The van der Waals surface area contributed by atoms with Gasteiger partial charge in [0.1, 0.15) is 17.5 Å². The highest BCUT2D eigenvalue weighted by atomic mass is 16.3. The van der Waals surface area contributed by atoms with Crippen LogP contribution < -0.4 is 10.9 Å². The lowest BCUT2D eigenvalue weighted by atomic mass is 10.1. The summed E-state index contributed by atoms with van der Waals surface area (Å²) < 4.78 is 9.10. The molecule has 0 atom stereocenters. The van der Waals surface area contributed by atoms with E-state index < -0.39 is 0 Å². The summed E-state index contributed by atoms with van der Waals surface area (Å²) in [6.07, 6.45) is 5.82. The molecule has 1 N–H and O–H groups in total. The predicted molar refractivity (Wildman–Crippen MR) is 112 cm³/mol. The van der Waals surface area contributed by atoms with Crippen molar-refractivity contribution in [3.63, 3.8) is 0 Å². The average Bonchev–Trinajstić information content (AvgIpc) is 3.28. The van der Waals surface area contributed by atoms with Gasteiger partial charge in [-0.2, -0.15) is 0 Å². The number of nitrogens with one attached hydrogen (secondary N) is 1. The Morgan fingerprint density at radius 1 is 1.28 bits per heavy atom. The number of hydrogen-bond donors (Lipinski definition) is 1. The third-order valence-corrected chi connectivity index (χ3v) is 4.95. The van der Waals surface area contributed by atoms with Crippen LogP contribution in [0, 0.1) is 6.92 Å². The highest BCUT2D eigenvalue weighted by molar-refractivity contribution is 6.06. The van der Waals surface area contributed by atoms with E-state index in [1.807, 2.05) is 18.3 Å². The topological polar surface area (TPSA) is 82.1 Å². The molecule has 0 saturated heterocycles. The van der Waals surface area contributed by atoms with Gasteiger partial charge in [-0.1, -0.05) is 24.3 Å². The van der Waals surface area contributed by atoms with E-state index in [0.717, 1.165) is 13.0 Å². The predicted octanol–water partition coefficient (Wildman–Crippen LogP) is 3.26. The van der Waals surface area contributed by atoms with E-state index in [4.69, 9.17) is 4.42 Å². The van der Waals surface area contributed by atoms with E-state index in [1.54, 1.807) is 13.0 Å². The lowest BCUT2D eigenvalue weighted by Gasteiger charge is -2.07. The monoisotopic (exact) mass is 390 g/mol. The van der Waals surface area contributed by atoms with Crippen molar-refractivity contribution >= 4 is 27.9 Å². The summed E-state index contributed by atoms with van der Waals surface area (Å²) in [4.78, 5) is 29.6. The van der Waals surface area contributed by atoms with Gasteiger partial charge in [0.15, 0.2) is 0 Å². The van der Waals surface area contributed by atoms with Crippen molar-refractivity contribution in [2.24, 2.45) is 0 Å². The average molecular weight is 390 g/mol. The second-order valence-corrected chi connectivity index (χ2v) is 6.88. The zero-order valence-electron chi connectivity index (χ0n) is 16.2. The molecule has 3 heterocycles. The number of furan rings is 1. The van der Waals surface area contributed by atoms with Crippen LogP contribution in [0.1, 0.15) is 22.5 Å². The maximum atomic E-state index is 12.8. The molecule has 0 fully saturated rings. The Hall–Kier alpha value is -3.61. The summed E-state index contributed by atoms with van der Waals surface area (Å²) in [5, 5.41) is 4.30. The number of rotatable bonds is 7. The Kier molecular flexibility index (Phi) is 5.03. The molecule has 3 aromatic heterocycles. The van der Waals surface area contributed by atoms with Crippen LogP contribution in [0.25, 0.3) is 22.0 Å². The van der Waals surface area contributed by atoms with E-state index in [1.165, 1.54) is 21.8 Å². The number of amides is 1. The smallest absolute Gasteiger partial charge is 0.265 e. The molecule has 4 aromatic rings. The summed E-state index contributed by atoms with van der Waals surface area (Å²) in [6, 6.07) is 10.3. The number of para-hydroxylation sites is 1. The first-order valence-electron chi connectivity index (χ1n) is 9.51. The van der Waals surface area contributed by atoms with Crippen LogP contribution in [0.3, 0.4) is 0 Å². The van der Waals surface area contributed by atoms with Crippen molar-refractivity contribution in [1.29, 1.82) is 0 Å². The molecular weight excluding hydrogens is 368 g/mol. The van der Waals surface area contributed by atoms with Crippen LogP contribution >= 0.6 is 0 Å². The van der Waals surface area contributed by atoms with Crippen LogP contribution in [-0.4, -0.2) is 26.6 Å². The van der Waals surface area contributed by atoms with Gasteiger partial charge in [0.25, 0.3) is 11.5 Å². The first-order valence-corrected chi connectivity index (χ1v) is 9.51. The highest BCUT2D eigenvalue weighted by Gasteiger charge is 2.22. The molecule has 0 aliphatic carbocycles. The minimum absolute atomic E-state index is 0.178. The zero-order chi connectivity index (χ0) is 20.4. The summed E-state index contributed by atoms with van der Waals surface area (Å²) in [7, 11) is 0. The molecule has 0 aliphatic rings. The molecule has 1 amide bonds. The van der Waals surface area contributed by atoms with Crippen molar-refractivity contribution in [3.8, 4) is 0 Å². The number of allylic oxidation sites excluding steroid dienone is 1. The van der Waals surface area contributed by atoms with Gasteiger partial charge in [0, 0.05) is 31.3 Å². The minimum atomic E-state index is -0.325. The third kappa shape index (κ3) is 3.47. The summed E-state index contributed by atoms with van der Waals surface area (Å²) in [5.41, 5.74) is 1.29. The van der Waals surface area contributed by atoms with Gasteiger partial charge >= 0.3 is 0 Å². The first-order chi connectivity index (χ1) is 14.1. The fraction of sp³-hybridized carbons (Fsp3) is 0.227. The van der Waals surface area contributed by atoms with Gasteiger partial charge in [-0.15, -0.1) is 6.58 Å². The van der Waals surface area contributed by atoms with Crippen molar-refractivity contribution in [1.82, 2.24) is 19.4 Å². The number of benzene rings is 1. The van der Waals surface area contributed by atoms with E-state index in [9.17, 15) is 9.59 Å². The highest BCUT2D eigenvalue weighted by Crippen LogP contribution is 2.21. The quantitative estimate of drug-likeness (QED) is 0.388. The molecule has 7 heteroatoms. The second kappa shape index (κ2) is 7.79. The molecule has 29 heavy (non-hydrogen) atoms.